The summed E-state index contributed by atoms with van der Waals surface area (Å²) in [5.74, 6) is 0.197. The largest absolute Gasteiger partial charge is 0.380 e. The molecular weight excluding hydrogens is 206 g/mol. The first-order valence-corrected chi connectivity index (χ1v) is 6.07. The van der Waals surface area contributed by atoms with Gasteiger partial charge in [0.2, 0.25) is 5.91 Å². The second kappa shape index (κ2) is 9.60. The second-order valence-electron chi connectivity index (χ2n) is 3.87. The van der Waals surface area contributed by atoms with Crippen LogP contribution in [0.15, 0.2) is 0 Å². The first-order valence-electron chi connectivity index (χ1n) is 6.07. The lowest BCUT2D eigenvalue weighted by Gasteiger charge is -2.24. The van der Waals surface area contributed by atoms with Gasteiger partial charge in [-0.05, 0) is 13.8 Å². The summed E-state index contributed by atoms with van der Waals surface area (Å²) in [6.07, 6.45) is 0. The first-order chi connectivity index (χ1) is 7.63. The van der Waals surface area contributed by atoms with Gasteiger partial charge in [-0.2, -0.15) is 0 Å². The third-order valence-corrected chi connectivity index (χ3v) is 2.22. The molecule has 0 aromatic rings. The van der Waals surface area contributed by atoms with Gasteiger partial charge in [0.05, 0.1) is 13.2 Å². The third-order valence-electron chi connectivity index (χ3n) is 2.22. The van der Waals surface area contributed by atoms with Crippen LogP contribution in [0.4, 0.5) is 0 Å². The number of nitrogens with zero attached hydrogens (tertiary/aromatic N) is 1. The summed E-state index contributed by atoms with van der Waals surface area (Å²) in [7, 11) is 0. The fraction of sp³-hybridized carbons (Fsp3) is 0.917. The van der Waals surface area contributed by atoms with Crippen molar-refractivity contribution in [1.82, 2.24) is 4.90 Å². The zero-order chi connectivity index (χ0) is 12.4. The first kappa shape index (κ1) is 15.4. The van der Waals surface area contributed by atoms with Gasteiger partial charge in [-0.25, -0.2) is 0 Å². The van der Waals surface area contributed by atoms with E-state index in [4.69, 9.17) is 9.47 Å². The minimum absolute atomic E-state index is 0.0308. The van der Waals surface area contributed by atoms with Crippen LogP contribution in [0.3, 0.4) is 0 Å². The molecule has 0 bridgehead atoms. The van der Waals surface area contributed by atoms with Crippen LogP contribution in [0.1, 0.15) is 27.7 Å². The van der Waals surface area contributed by atoms with Gasteiger partial charge in [0.25, 0.3) is 0 Å². The van der Waals surface area contributed by atoms with E-state index in [1.165, 1.54) is 0 Å². The summed E-state index contributed by atoms with van der Waals surface area (Å²) in [6.45, 7) is 11.6. The summed E-state index contributed by atoms with van der Waals surface area (Å²) in [4.78, 5) is 13.7. The molecule has 0 aliphatic heterocycles. The van der Waals surface area contributed by atoms with Crippen LogP contribution in [0.2, 0.25) is 0 Å². The van der Waals surface area contributed by atoms with Crippen molar-refractivity contribution in [3.63, 3.8) is 0 Å². The smallest absolute Gasteiger partial charge is 0.225 e. The van der Waals surface area contributed by atoms with Gasteiger partial charge < -0.3 is 14.4 Å². The van der Waals surface area contributed by atoms with Crippen LogP contribution >= 0.6 is 0 Å². The third kappa shape index (κ3) is 6.80. The fourth-order valence-electron chi connectivity index (χ4n) is 1.34. The highest BCUT2D eigenvalue weighted by atomic mass is 16.5. The Balaban J connectivity index is 4.00. The molecule has 0 saturated heterocycles. The zero-order valence-electron chi connectivity index (χ0n) is 11.0. The Bertz CT molecular complexity index is 173. The van der Waals surface area contributed by atoms with Gasteiger partial charge in [-0.1, -0.05) is 13.8 Å². The molecule has 0 rings (SSSR count). The molecule has 0 spiro atoms. The van der Waals surface area contributed by atoms with Crippen molar-refractivity contribution in [3.05, 3.63) is 0 Å². The lowest BCUT2D eigenvalue weighted by Crippen LogP contribution is -2.39. The lowest BCUT2D eigenvalue weighted by atomic mass is 10.2. The number of ether oxygens (including phenoxy) is 2. The minimum Gasteiger partial charge on any atom is -0.380 e. The van der Waals surface area contributed by atoms with Crippen LogP contribution in [-0.4, -0.2) is 50.3 Å². The molecule has 0 aromatic heterocycles. The molecule has 0 atom stereocenters. The molecule has 4 nitrogen and oxygen atoms in total. The predicted molar refractivity (Wildman–Crippen MR) is 64.4 cm³/mol. The van der Waals surface area contributed by atoms with Crippen molar-refractivity contribution in [2.45, 2.75) is 27.7 Å². The number of carbonyl (C=O) groups is 1. The molecule has 16 heavy (non-hydrogen) atoms. The standard InChI is InChI=1S/C12H25NO3/c1-5-15-9-7-13(8-10-16-6-2)12(14)11(3)4/h11H,5-10H2,1-4H3. The molecule has 4 heteroatoms. The van der Waals surface area contributed by atoms with Gasteiger partial charge in [-0.15, -0.1) is 0 Å². The molecule has 0 aliphatic rings. The van der Waals surface area contributed by atoms with Crippen molar-refractivity contribution in [2.24, 2.45) is 5.92 Å². The molecule has 0 saturated carbocycles. The maximum Gasteiger partial charge on any atom is 0.225 e. The van der Waals surface area contributed by atoms with Gasteiger partial charge in [0, 0.05) is 32.2 Å². The van der Waals surface area contributed by atoms with E-state index >= 15 is 0 Å². The van der Waals surface area contributed by atoms with Crippen molar-refractivity contribution < 1.29 is 14.3 Å². The highest BCUT2D eigenvalue weighted by Crippen LogP contribution is 2.01. The summed E-state index contributed by atoms with van der Waals surface area (Å²) in [5.41, 5.74) is 0. The molecule has 1 amide bonds. The van der Waals surface area contributed by atoms with E-state index in [0.717, 1.165) is 0 Å². The molecule has 0 radical (unpaired) electrons. The lowest BCUT2D eigenvalue weighted by molar-refractivity contribution is -0.136. The minimum atomic E-state index is 0.0308. The molecule has 0 aliphatic carbocycles. The number of hydrogen-bond acceptors (Lipinski definition) is 3. The Morgan fingerprint density at radius 2 is 1.50 bits per heavy atom. The van der Waals surface area contributed by atoms with Crippen LogP contribution in [0, 0.1) is 5.92 Å². The maximum atomic E-state index is 11.8. The van der Waals surface area contributed by atoms with Crippen LogP contribution in [0.25, 0.3) is 0 Å². The topological polar surface area (TPSA) is 38.8 Å². The Labute approximate surface area is 98.9 Å². The van der Waals surface area contributed by atoms with Crippen molar-refractivity contribution in [3.8, 4) is 0 Å². The number of amides is 1. The SMILES string of the molecule is CCOCCN(CCOCC)C(=O)C(C)C. The molecule has 0 aromatic carbocycles. The van der Waals surface area contributed by atoms with E-state index in [2.05, 4.69) is 0 Å². The summed E-state index contributed by atoms with van der Waals surface area (Å²) >= 11 is 0. The van der Waals surface area contributed by atoms with Crippen LogP contribution < -0.4 is 0 Å². The van der Waals surface area contributed by atoms with Crippen LogP contribution in [-0.2, 0) is 14.3 Å². The molecular formula is C12H25NO3. The van der Waals surface area contributed by atoms with Crippen molar-refractivity contribution in [1.29, 1.82) is 0 Å². The zero-order valence-corrected chi connectivity index (χ0v) is 11.0. The average molecular weight is 231 g/mol. The number of rotatable bonds is 9. The summed E-state index contributed by atoms with van der Waals surface area (Å²) < 4.78 is 10.5. The normalized spacial score (nSPS) is 10.8. The van der Waals surface area contributed by atoms with E-state index in [-0.39, 0.29) is 11.8 Å². The number of carbonyl (C=O) groups excluding carboxylic acids is 1. The van der Waals surface area contributed by atoms with E-state index in [0.29, 0.717) is 39.5 Å². The average Bonchev–Trinajstić information content (AvgIpc) is 2.26. The molecule has 96 valence electrons. The monoisotopic (exact) mass is 231 g/mol. The fourth-order valence-corrected chi connectivity index (χ4v) is 1.34. The molecule has 0 unspecified atom stereocenters. The Morgan fingerprint density at radius 3 is 1.81 bits per heavy atom. The van der Waals surface area contributed by atoms with E-state index in [9.17, 15) is 4.79 Å². The number of hydrogen-bond donors (Lipinski definition) is 0. The predicted octanol–water partition coefficient (Wildman–Crippen LogP) is 1.54. The van der Waals surface area contributed by atoms with E-state index in [1.54, 1.807) is 0 Å². The Morgan fingerprint density at radius 1 is 1.06 bits per heavy atom. The van der Waals surface area contributed by atoms with Gasteiger partial charge in [0.15, 0.2) is 0 Å². The summed E-state index contributed by atoms with van der Waals surface area (Å²) in [6, 6.07) is 0. The van der Waals surface area contributed by atoms with Crippen LogP contribution in [0.5, 0.6) is 0 Å². The second-order valence-corrected chi connectivity index (χ2v) is 3.87. The Hall–Kier alpha value is -0.610. The highest BCUT2D eigenvalue weighted by Gasteiger charge is 2.16. The summed E-state index contributed by atoms with van der Waals surface area (Å²) in [5, 5.41) is 0. The molecule has 0 heterocycles. The molecule has 0 N–H and O–H groups in total. The van der Waals surface area contributed by atoms with Gasteiger partial charge in [0.1, 0.15) is 0 Å². The maximum absolute atomic E-state index is 11.8. The van der Waals surface area contributed by atoms with Crippen molar-refractivity contribution >= 4 is 5.91 Å². The Kier molecular flexibility index (Phi) is 9.24. The van der Waals surface area contributed by atoms with E-state index < -0.39 is 0 Å². The highest BCUT2D eigenvalue weighted by molar-refractivity contribution is 5.78. The van der Waals surface area contributed by atoms with E-state index in [1.807, 2.05) is 32.6 Å². The molecule has 0 fully saturated rings. The van der Waals surface area contributed by atoms with Crippen molar-refractivity contribution in [2.75, 3.05) is 39.5 Å². The quantitative estimate of drug-likeness (QED) is 0.565. The van der Waals surface area contributed by atoms with Gasteiger partial charge >= 0.3 is 0 Å². The van der Waals surface area contributed by atoms with Gasteiger partial charge in [-0.3, -0.25) is 4.79 Å².